The molecule has 1 aromatic carbocycles. The molecule has 0 saturated carbocycles. The summed E-state index contributed by atoms with van der Waals surface area (Å²) >= 11 is 0. The minimum Gasteiger partial charge on any atom is -0.255 e. The first-order chi connectivity index (χ1) is 6.56. The molecule has 0 unspecified atom stereocenters. The van der Waals surface area contributed by atoms with Crippen LogP contribution < -0.4 is 0 Å². The lowest BCUT2D eigenvalue weighted by Gasteiger charge is -2.00. The van der Waals surface area contributed by atoms with Gasteiger partial charge in [-0.05, 0) is 19.1 Å². The number of halogens is 1. The SMILES string of the molecule is CCS(=O)(=O)c1ccc(C)cc1.CF. The van der Waals surface area contributed by atoms with Crippen molar-refractivity contribution < 1.29 is 12.8 Å². The third-order valence-electron chi connectivity index (χ3n) is 1.76. The minimum atomic E-state index is -3.01. The zero-order valence-corrected chi connectivity index (χ0v) is 9.44. The predicted octanol–water partition coefficient (Wildman–Crippen LogP) is 2.37. The van der Waals surface area contributed by atoms with E-state index in [-0.39, 0.29) is 5.75 Å². The van der Waals surface area contributed by atoms with Crippen LogP contribution in [0.3, 0.4) is 0 Å². The lowest BCUT2D eigenvalue weighted by Crippen LogP contribution is -2.02. The van der Waals surface area contributed by atoms with E-state index in [2.05, 4.69) is 0 Å². The van der Waals surface area contributed by atoms with Gasteiger partial charge in [0.25, 0.3) is 0 Å². The molecule has 0 fully saturated rings. The maximum absolute atomic E-state index is 11.3. The third-order valence-corrected chi connectivity index (χ3v) is 3.51. The Labute approximate surface area is 84.7 Å². The van der Waals surface area contributed by atoms with Gasteiger partial charge >= 0.3 is 0 Å². The molecule has 0 heterocycles. The van der Waals surface area contributed by atoms with E-state index in [1.54, 1.807) is 19.1 Å². The summed E-state index contributed by atoms with van der Waals surface area (Å²) in [5.41, 5.74) is 1.07. The van der Waals surface area contributed by atoms with Gasteiger partial charge in [-0.25, -0.2) is 8.42 Å². The van der Waals surface area contributed by atoms with Crippen LogP contribution in [0.1, 0.15) is 12.5 Å². The van der Waals surface area contributed by atoms with Gasteiger partial charge in [0.05, 0.1) is 17.8 Å². The van der Waals surface area contributed by atoms with E-state index in [0.717, 1.165) is 5.56 Å². The van der Waals surface area contributed by atoms with E-state index in [4.69, 9.17) is 0 Å². The lowest BCUT2D eigenvalue weighted by molar-refractivity contribution is 0.597. The number of aryl methyl sites for hydroxylation is 1. The van der Waals surface area contributed by atoms with Gasteiger partial charge in [0.15, 0.2) is 9.84 Å². The summed E-state index contributed by atoms with van der Waals surface area (Å²) in [5.74, 6) is 0.163. The third kappa shape index (κ3) is 3.46. The number of hydrogen-bond acceptors (Lipinski definition) is 2. The molecule has 2 nitrogen and oxygen atoms in total. The van der Waals surface area contributed by atoms with Crippen LogP contribution in [-0.4, -0.2) is 21.3 Å². The maximum atomic E-state index is 11.3. The molecule has 14 heavy (non-hydrogen) atoms. The van der Waals surface area contributed by atoms with Crippen molar-refractivity contribution in [1.29, 1.82) is 0 Å². The molecule has 1 rings (SSSR count). The first kappa shape index (κ1) is 13.1. The molecule has 0 saturated heterocycles. The van der Waals surface area contributed by atoms with E-state index in [1.807, 2.05) is 19.1 Å². The fourth-order valence-electron chi connectivity index (χ4n) is 0.912. The number of hydrogen-bond donors (Lipinski definition) is 0. The Balaban J connectivity index is 0.000000791. The van der Waals surface area contributed by atoms with Crippen molar-refractivity contribution in [1.82, 2.24) is 0 Å². The maximum Gasteiger partial charge on any atom is 0.178 e. The molecule has 0 atom stereocenters. The van der Waals surface area contributed by atoms with Crippen molar-refractivity contribution in [2.75, 3.05) is 12.9 Å². The summed E-state index contributed by atoms with van der Waals surface area (Å²) in [6, 6.07) is 6.91. The van der Waals surface area contributed by atoms with Crippen molar-refractivity contribution in [2.45, 2.75) is 18.7 Å². The highest BCUT2D eigenvalue weighted by Gasteiger charge is 2.09. The van der Waals surface area contributed by atoms with E-state index in [0.29, 0.717) is 12.1 Å². The summed E-state index contributed by atoms with van der Waals surface area (Å²) in [6.07, 6.45) is 0. The van der Waals surface area contributed by atoms with Crippen LogP contribution in [0.25, 0.3) is 0 Å². The van der Waals surface area contributed by atoms with Crippen LogP contribution >= 0.6 is 0 Å². The van der Waals surface area contributed by atoms with Gasteiger partial charge in [0.2, 0.25) is 0 Å². The lowest BCUT2D eigenvalue weighted by atomic mass is 10.2. The Morgan fingerprint density at radius 3 is 1.93 bits per heavy atom. The second-order valence-corrected chi connectivity index (χ2v) is 4.99. The molecule has 4 heteroatoms. The van der Waals surface area contributed by atoms with Crippen molar-refractivity contribution in [3.8, 4) is 0 Å². The highest BCUT2D eigenvalue weighted by molar-refractivity contribution is 7.91. The zero-order valence-electron chi connectivity index (χ0n) is 8.62. The fraction of sp³-hybridized carbons (Fsp3) is 0.400. The Bertz CT molecular complexity index is 354. The number of rotatable bonds is 2. The van der Waals surface area contributed by atoms with Crippen molar-refractivity contribution in [3.05, 3.63) is 29.8 Å². The molecule has 0 radical (unpaired) electrons. The number of alkyl halides is 1. The molecule has 0 aromatic heterocycles. The fourth-order valence-corrected chi connectivity index (χ4v) is 1.80. The van der Waals surface area contributed by atoms with Crippen LogP contribution in [0.15, 0.2) is 29.2 Å². The van der Waals surface area contributed by atoms with Crippen molar-refractivity contribution >= 4 is 9.84 Å². The largest absolute Gasteiger partial charge is 0.255 e. The van der Waals surface area contributed by atoms with Gasteiger partial charge in [-0.2, -0.15) is 0 Å². The molecule has 1 aromatic rings. The zero-order chi connectivity index (χ0) is 11.2. The molecular weight excluding hydrogens is 203 g/mol. The van der Waals surface area contributed by atoms with Gasteiger partial charge in [-0.1, -0.05) is 24.6 Å². The summed E-state index contributed by atoms with van der Waals surface area (Å²) in [4.78, 5) is 0.413. The molecule has 0 spiro atoms. The van der Waals surface area contributed by atoms with E-state index < -0.39 is 9.84 Å². The Morgan fingerprint density at radius 1 is 1.14 bits per heavy atom. The van der Waals surface area contributed by atoms with Gasteiger partial charge < -0.3 is 0 Å². The van der Waals surface area contributed by atoms with Crippen molar-refractivity contribution in [3.63, 3.8) is 0 Å². The monoisotopic (exact) mass is 218 g/mol. The first-order valence-electron chi connectivity index (χ1n) is 4.23. The second kappa shape index (κ2) is 5.75. The molecule has 0 aliphatic heterocycles. The Hall–Kier alpha value is -0.900. The van der Waals surface area contributed by atoms with Gasteiger partial charge in [0.1, 0.15) is 0 Å². The van der Waals surface area contributed by atoms with Crippen LogP contribution in [0.4, 0.5) is 4.39 Å². The number of benzene rings is 1. The smallest absolute Gasteiger partial charge is 0.178 e. The second-order valence-electron chi connectivity index (χ2n) is 2.72. The van der Waals surface area contributed by atoms with Gasteiger partial charge in [-0.15, -0.1) is 0 Å². The van der Waals surface area contributed by atoms with Gasteiger partial charge in [0, 0.05) is 0 Å². The van der Waals surface area contributed by atoms with E-state index in [1.165, 1.54) is 0 Å². The average Bonchev–Trinajstić information content (AvgIpc) is 2.21. The average molecular weight is 218 g/mol. The summed E-state index contributed by atoms with van der Waals surface area (Å²) in [7, 11) is -2.51. The van der Waals surface area contributed by atoms with Crippen LogP contribution in [0.2, 0.25) is 0 Å². The highest BCUT2D eigenvalue weighted by atomic mass is 32.2. The summed E-state index contributed by atoms with van der Waals surface area (Å²) in [6.45, 7) is 3.58. The quantitative estimate of drug-likeness (QED) is 0.763. The predicted molar refractivity (Wildman–Crippen MR) is 55.9 cm³/mol. The van der Waals surface area contributed by atoms with Crippen LogP contribution in [0.5, 0.6) is 0 Å². The van der Waals surface area contributed by atoms with E-state index >= 15 is 0 Å². The topological polar surface area (TPSA) is 34.1 Å². The molecule has 0 N–H and O–H groups in total. The van der Waals surface area contributed by atoms with Crippen LogP contribution in [-0.2, 0) is 9.84 Å². The molecule has 0 amide bonds. The molecular formula is C10H15FO2S. The normalized spacial score (nSPS) is 10.3. The number of sulfone groups is 1. The first-order valence-corrected chi connectivity index (χ1v) is 5.88. The molecule has 0 aliphatic carbocycles. The van der Waals surface area contributed by atoms with E-state index in [9.17, 15) is 12.8 Å². The Kier molecular flexibility index (Phi) is 5.38. The molecule has 0 aliphatic rings. The van der Waals surface area contributed by atoms with Gasteiger partial charge in [-0.3, -0.25) is 4.39 Å². The molecule has 80 valence electrons. The highest BCUT2D eigenvalue weighted by Crippen LogP contribution is 2.11. The summed E-state index contributed by atoms with van der Waals surface area (Å²) < 4.78 is 32.1. The minimum absolute atomic E-state index is 0.163. The van der Waals surface area contributed by atoms with Crippen molar-refractivity contribution in [2.24, 2.45) is 0 Å². The Morgan fingerprint density at radius 2 is 1.57 bits per heavy atom. The molecule has 0 bridgehead atoms. The van der Waals surface area contributed by atoms with Crippen LogP contribution in [0, 0.1) is 6.92 Å². The standard InChI is InChI=1S/C9H12O2S.CH3F/c1-3-12(10,11)9-6-4-8(2)5-7-9;1-2/h4-7H,3H2,1-2H3;1H3. The summed E-state index contributed by atoms with van der Waals surface area (Å²) in [5, 5.41) is 0.